The average Bonchev–Trinajstić information content (AvgIpc) is 2.67. The molecule has 0 spiro atoms. The van der Waals surface area contributed by atoms with Crippen LogP contribution in [-0.2, 0) is 9.53 Å². The van der Waals surface area contributed by atoms with Crippen molar-refractivity contribution in [2.45, 2.75) is 25.9 Å². The van der Waals surface area contributed by atoms with Crippen LogP contribution >= 0.6 is 11.3 Å². The molecule has 3 aromatic rings. The first-order valence-electron chi connectivity index (χ1n) is 8.81. The maximum absolute atomic E-state index is 13.1. The van der Waals surface area contributed by atoms with E-state index in [1.807, 2.05) is 30.3 Å². The second kappa shape index (κ2) is 7.09. The van der Waals surface area contributed by atoms with Gasteiger partial charge in [0.2, 0.25) is 10.6 Å². The minimum atomic E-state index is -0.711. The van der Waals surface area contributed by atoms with E-state index in [0.717, 1.165) is 21.4 Å². The SMILES string of the molecule is CC(C)OC(=O)C1=C(N)Oc2c(c(=O)sc3ccccc23)[C@@H]1c1cccnc1. The quantitative estimate of drug-likeness (QED) is 0.686. The van der Waals surface area contributed by atoms with Crippen LogP contribution in [0.2, 0.25) is 0 Å². The van der Waals surface area contributed by atoms with Crippen LogP contribution in [0.4, 0.5) is 0 Å². The van der Waals surface area contributed by atoms with E-state index in [-0.39, 0.29) is 22.3 Å². The van der Waals surface area contributed by atoms with E-state index in [1.54, 1.807) is 32.3 Å². The van der Waals surface area contributed by atoms with Gasteiger partial charge in [-0.25, -0.2) is 4.79 Å². The predicted octanol–water partition coefficient (Wildman–Crippen LogP) is 3.30. The summed E-state index contributed by atoms with van der Waals surface area (Å²) in [7, 11) is 0. The molecular formula is C21H18N2O4S. The number of nitrogens with zero attached hydrogens (tertiary/aromatic N) is 1. The zero-order chi connectivity index (χ0) is 19.8. The van der Waals surface area contributed by atoms with Crippen molar-refractivity contribution in [1.29, 1.82) is 0 Å². The number of esters is 1. The van der Waals surface area contributed by atoms with Gasteiger partial charge in [0, 0.05) is 22.5 Å². The number of ether oxygens (including phenoxy) is 2. The van der Waals surface area contributed by atoms with E-state index >= 15 is 0 Å². The van der Waals surface area contributed by atoms with Gasteiger partial charge >= 0.3 is 5.97 Å². The van der Waals surface area contributed by atoms with Crippen molar-refractivity contribution in [1.82, 2.24) is 4.98 Å². The number of benzene rings is 1. The molecule has 0 aliphatic carbocycles. The predicted molar refractivity (Wildman–Crippen MR) is 107 cm³/mol. The molecule has 0 radical (unpaired) electrons. The molecule has 0 saturated heterocycles. The minimum Gasteiger partial charge on any atom is -0.459 e. The van der Waals surface area contributed by atoms with Crippen LogP contribution in [0, 0.1) is 0 Å². The summed E-state index contributed by atoms with van der Waals surface area (Å²) in [6, 6.07) is 11.0. The Hall–Kier alpha value is -3.19. The largest absolute Gasteiger partial charge is 0.459 e. The van der Waals surface area contributed by atoms with E-state index in [2.05, 4.69) is 4.98 Å². The Labute approximate surface area is 165 Å². The van der Waals surface area contributed by atoms with Crippen LogP contribution in [0.15, 0.2) is 65.0 Å². The lowest BCUT2D eigenvalue weighted by Crippen LogP contribution is -2.31. The summed E-state index contributed by atoms with van der Waals surface area (Å²) < 4.78 is 11.8. The highest BCUT2D eigenvalue weighted by Gasteiger charge is 2.38. The fraction of sp³-hybridized carbons (Fsp3) is 0.190. The summed E-state index contributed by atoms with van der Waals surface area (Å²) in [5.74, 6) is -0.999. The van der Waals surface area contributed by atoms with Gasteiger partial charge in [0.25, 0.3) is 0 Å². The average molecular weight is 394 g/mol. The van der Waals surface area contributed by atoms with E-state index in [1.165, 1.54) is 0 Å². The van der Waals surface area contributed by atoms with E-state index in [0.29, 0.717) is 16.9 Å². The molecule has 3 heterocycles. The number of nitrogens with two attached hydrogens (primary N) is 1. The third kappa shape index (κ3) is 3.03. The van der Waals surface area contributed by atoms with Gasteiger partial charge in [0.05, 0.1) is 17.6 Å². The number of hydrogen-bond acceptors (Lipinski definition) is 7. The molecule has 1 atom stereocenters. The van der Waals surface area contributed by atoms with Crippen LogP contribution < -0.4 is 15.2 Å². The molecule has 7 heteroatoms. The third-order valence-electron chi connectivity index (χ3n) is 4.43. The molecular weight excluding hydrogens is 376 g/mol. The Kier molecular flexibility index (Phi) is 4.60. The number of fused-ring (bicyclic) bond motifs is 3. The Morgan fingerprint density at radius 1 is 1.25 bits per heavy atom. The molecule has 28 heavy (non-hydrogen) atoms. The number of hydrogen-bond donors (Lipinski definition) is 1. The number of rotatable bonds is 3. The number of pyridine rings is 1. The van der Waals surface area contributed by atoms with Crippen LogP contribution in [-0.4, -0.2) is 17.1 Å². The van der Waals surface area contributed by atoms with Crippen molar-refractivity contribution >= 4 is 27.4 Å². The molecule has 0 bridgehead atoms. The summed E-state index contributed by atoms with van der Waals surface area (Å²) in [6.45, 7) is 3.50. The highest BCUT2D eigenvalue weighted by molar-refractivity contribution is 7.16. The highest BCUT2D eigenvalue weighted by atomic mass is 32.1. The Bertz CT molecular complexity index is 1150. The summed E-state index contributed by atoms with van der Waals surface area (Å²) >= 11 is 1.11. The monoisotopic (exact) mass is 394 g/mol. The maximum Gasteiger partial charge on any atom is 0.340 e. The normalized spacial score (nSPS) is 16.0. The van der Waals surface area contributed by atoms with Crippen molar-refractivity contribution in [3.8, 4) is 5.75 Å². The zero-order valence-electron chi connectivity index (χ0n) is 15.3. The molecule has 2 N–H and O–H groups in total. The molecule has 142 valence electrons. The first-order valence-corrected chi connectivity index (χ1v) is 9.63. The first-order chi connectivity index (χ1) is 13.5. The van der Waals surface area contributed by atoms with Crippen LogP contribution in [0.1, 0.15) is 30.9 Å². The topological polar surface area (TPSA) is 91.5 Å². The minimum absolute atomic E-state index is 0.0623. The molecule has 1 aliphatic heterocycles. The summed E-state index contributed by atoms with van der Waals surface area (Å²) in [6.07, 6.45) is 2.91. The smallest absolute Gasteiger partial charge is 0.340 e. The lowest BCUT2D eigenvalue weighted by Gasteiger charge is -2.28. The molecule has 0 unspecified atom stereocenters. The van der Waals surface area contributed by atoms with Gasteiger partial charge in [0.15, 0.2) is 0 Å². The highest BCUT2D eigenvalue weighted by Crippen LogP contribution is 2.44. The van der Waals surface area contributed by atoms with Crippen molar-refractivity contribution in [2.75, 3.05) is 0 Å². The van der Waals surface area contributed by atoms with E-state index < -0.39 is 11.9 Å². The molecule has 6 nitrogen and oxygen atoms in total. The zero-order valence-corrected chi connectivity index (χ0v) is 16.2. The molecule has 1 aromatic carbocycles. The lowest BCUT2D eigenvalue weighted by atomic mass is 9.84. The van der Waals surface area contributed by atoms with Gasteiger partial charge in [-0.2, -0.15) is 0 Å². The second-order valence-corrected chi connectivity index (χ2v) is 7.70. The molecule has 0 fully saturated rings. The van der Waals surface area contributed by atoms with Crippen molar-refractivity contribution in [3.63, 3.8) is 0 Å². The lowest BCUT2D eigenvalue weighted by molar-refractivity contribution is -0.143. The first kappa shape index (κ1) is 18.2. The fourth-order valence-corrected chi connectivity index (χ4v) is 4.26. The summed E-state index contributed by atoms with van der Waals surface area (Å²) in [5.41, 5.74) is 7.34. The maximum atomic E-state index is 13.1. The van der Waals surface area contributed by atoms with Crippen LogP contribution in [0.25, 0.3) is 10.1 Å². The van der Waals surface area contributed by atoms with Crippen LogP contribution in [0.3, 0.4) is 0 Å². The third-order valence-corrected chi connectivity index (χ3v) is 5.42. The Balaban J connectivity index is 2.01. The number of aromatic nitrogens is 1. The van der Waals surface area contributed by atoms with Crippen molar-refractivity contribution in [2.24, 2.45) is 5.73 Å². The van der Waals surface area contributed by atoms with Crippen molar-refractivity contribution in [3.05, 3.63) is 80.9 Å². The molecule has 1 aliphatic rings. The van der Waals surface area contributed by atoms with E-state index in [9.17, 15) is 9.59 Å². The Morgan fingerprint density at radius 2 is 2.04 bits per heavy atom. The van der Waals surface area contributed by atoms with Gasteiger partial charge in [-0.3, -0.25) is 9.78 Å². The molecule has 4 rings (SSSR count). The fourth-order valence-electron chi connectivity index (χ4n) is 3.32. The van der Waals surface area contributed by atoms with Gasteiger partial charge in [0.1, 0.15) is 11.3 Å². The molecule has 2 aromatic heterocycles. The summed E-state index contributed by atoms with van der Waals surface area (Å²) in [4.78, 5) is 30.0. The van der Waals surface area contributed by atoms with Crippen molar-refractivity contribution < 1.29 is 14.3 Å². The van der Waals surface area contributed by atoms with Gasteiger partial charge in [-0.05, 0) is 37.6 Å². The standard InChI is InChI=1S/C21H18N2O4S/c1-11(2)26-20(24)17-15(12-6-5-9-23-10-12)16-18(27-19(17)22)13-7-3-4-8-14(13)28-21(16)25/h3-11,15H,22H2,1-2H3/t15-/m0/s1. The van der Waals surface area contributed by atoms with Gasteiger partial charge < -0.3 is 15.2 Å². The second-order valence-electron chi connectivity index (χ2n) is 6.68. The van der Waals surface area contributed by atoms with Crippen LogP contribution in [0.5, 0.6) is 5.75 Å². The number of carbonyl (C=O) groups excluding carboxylic acids is 1. The summed E-state index contributed by atoms with van der Waals surface area (Å²) in [5, 5.41) is 0.773. The molecule has 0 amide bonds. The molecule has 0 saturated carbocycles. The Morgan fingerprint density at radius 3 is 2.75 bits per heavy atom. The van der Waals surface area contributed by atoms with E-state index in [4.69, 9.17) is 15.2 Å². The van der Waals surface area contributed by atoms with Gasteiger partial charge in [-0.1, -0.05) is 29.5 Å². The van der Waals surface area contributed by atoms with Gasteiger partial charge in [-0.15, -0.1) is 0 Å². The number of carbonyl (C=O) groups is 1.